The van der Waals surface area contributed by atoms with Crippen LogP contribution in [0.15, 0.2) is 0 Å². The van der Waals surface area contributed by atoms with Crippen LogP contribution >= 0.6 is 0 Å². The lowest BCUT2D eigenvalue weighted by atomic mass is 10.1. The van der Waals surface area contributed by atoms with Crippen LogP contribution in [-0.2, 0) is 9.47 Å². The first-order valence-electron chi connectivity index (χ1n) is 7.74. The van der Waals surface area contributed by atoms with Crippen LogP contribution < -0.4 is 11.1 Å². The Balaban J connectivity index is 4.16. The molecule has 1 amide bonds. The summed E-state index contributed by atoms with van der Waals surface area (Å²) in [7, 11) is 1.69. The lowest BCUT2D eigenvalue weighted by molar-refractivity contribution is 0.0259. The number of nitrogens with zero attached hydrogens (tertiary/aromatic N) is 1. The van der Waals surface area contributed by atoms with E-state index in [4.69, 9.17) is 15.2 Å². The minimum absolute atomic E-state index is 0.267. The molecule has 126 valence electrons. The first-order valence-corrected chi connectivity index (χ1v) is 7.74. The molecule has 0 aromatic heterocycles. The topological polar surface area (TPSA) is 76.8 Å². The molecule has 6 nitrogen and oxygen atoms in total. The maximum atomic E-state index is 12.0. The largest absolute Gasteiger partial charge is 0.444 e. The van der Waals surface area contributed by atoms with E-state index in [0.717, 1.165) is 12.8 Å². The number of methoxy groups -OCH3 is 1. The number of ether oxygens (including phenoxy) is 2. The Labute approximate surface area is 129 Å². The summed E-state index contributed by atoms with van der Waals surface area (Å²) in [6, 6.07) is 0.274. The van der Waals surface area contributed by atoms with Gasteiger partial charge in [0.25, 0.3) is 0 Å². The highest BCUT2D eigenvalue weighted by molar-refractivity contribution is 5.68. The van der Waals surface area contributed by atoms with Crippen LogP contribution in [0.4, 0.5) is 4.79 Å². The predicted molar refractivity (Wildman–Crippen MR) is 85.4 cm³/mol. The lowest BCUT2D eigenvalue weighted by Gasteiger charge is -2.27. The Hall–Kier alpha value is -0.850. The molecule has 1 atom stereocenters. The number of carbonyl (C=O) groups excluding carboxylic acids is 1. The molecule has 0 radical (unpaired) electrons. The standard InChI is InChI=1S/C15H33N3O3/c1-6-18(14(19)21-15(2,3)4)11-10-17-13(12-20-5)8-7-9-16/h13,17H,6-12,16H2,1-5H3. The Morgan fingerprint density at radius 2 is 2.05 bits per heavy atom. The van der Waals surface area contributed by atoms with Crippen LogP contribution in [0.1, 0.15) is 40.5 Å². The van der Waals surface area contributed by atoms with Gasteiger partial charge >= 0.3 is 6.09 Å². The van der Waals surface area contributed by atoms with E-state index in [1.54, 1.807) is 12.0 Å². The van der Waals surface area contributed by atoms with Gasteiger partial charge in [0.1, 0.15) is 5.60 Å². The van der Waals surface area contributed by atoms with Gasteiger partial charge in [-0.2, -0.15) is 0 Å². The van der Waals surface area contributed by atoms with Crippen molar-refractivity contribution in [2.24, 2.45) is 5.73 Å². The molecule has 0 aliphatic rings. The van der Waals surface area contributed by atoms with Crippen LogP contribution in [0.3, 0.4) is 0 Å². The van der Waals surface area contributed by atoms with Crippen molar-refractivity contribution in [1.29, 1.82) is 0 Å². The van der Waals surface area contributed by atoms with E-state index < -0.39 is 5.60 Å². The highest BCUT2D eigenvalue weighted by Crippen LogP contribution is 2.09. The molecule has 21 heavy (non-hydrogen) atoms. The maximum absolute atomic E-state index is 12.0. The molecule has 0 heterocycles. The summed E-state index contributed by atoms with van der Waals surface area (Å²) in [5.41, 5.74) is 5.07. The van der Waals surface area contributed by atoms with Crippen molar-refractivity contribution in [3.05, 3.63) is 0 Å². The maximum Gasteiger partial charge on any atom is 0.410 e. The summed E-state index contributed by atoms with van der Waals surface area (Å²) in [5, 5.41) is 3.41. The quantitative estimate of drug-likeness (QED) is 0.641. The van der Waals surface area contributed by atoms with E-state index in [9.17, 15) is 4.79 Å². The Kier molecular flexibility index (Phi) is 10.4. The Morgan fingerprint density at radius 3 is 2.52 bits per heavy atom. The highest BCUT2D eigenvalue weighted by Gasteiger charge is 2.20. The summed E-state index contributed by atoms with van der Waals surface area (Å²) >= 11 is 0. The molecule has 0 fully saturated rings. The molecule has 0 spiro atoms. The fraction of sp³-hybridized carbons (Fsp3) is 0.933. The van der Waals surface area contributed by atoms with Gasteiger partial charge in [0.15, 0.2) is 0 Å². The van der Waals surface area contributed by atoms with E-state index >= 15 is 0 Å². The van der Waals surface area contributed by atoms with Crippen LogP contribution in [-0.4, -0.2) is 62.5 Å². The van der Waals surface area contributed by atoms with Crippen molar-refractivity contribution in [3.8, 4) is 0 Å². The van der Waals surface area contributed by atoms with Crippen LogP contribution in [0.25, 0.3) is 0 Å². The van der Waals surface area contributed by atoms with E-state index in [1.165, 1.54) is 0 Å². The first kappa shape index (κ1) is 20.1. The number of rotatable bonds is 10. The molecule has 0 saturated heterocycles. The van der Waals surface area contributed by atoms with Gasteiger partial charge < -0.3 is 25.4 Å². The zero-order valence-electron chi connectivity index (χ0n) is 14.3. The molecule has 0 bridgehead atoms. The van der Waals surface area contributed by atoms with Crippen molar-refractivity contribution in [1.82, 2.24) is 10.2 Å². The average Bonchev–Trinajstić information content (AvgIpc) is 2.38. The molecule has 1 unspecified atom stereocenters. The summed E-state index contributed by atoms with van der Waals surface area (Å²) in [6.45, 7) is 10.9. The number of hydrogen-bond acceptors (Lipinski definition) is 5. The predicted octanol–water partition coefficient (Wildman–Crippen LogP) is 1.59. The van der Waals surface area contributed by atoms with Gasteiger partial charge in [-0.05, 0) is 47.1 Å². The normalized spacial score (nSPS) is 13.0. The Bertz CT molecular complexity index is 280. The molecule has 0 rings (SSSR count). The molecule has 0 aliphatic heterocycles. The fourth-order valence-electron chi connectivity index (χ4n) is 1.92. The lowest BCUT2D eigenvalue weighted by Crippen LogP contribution is -2.43. The van der Waals surface area contributed by atoms with Gasteiger partial charge in [0, 0.05) is 32.8 Å². The summed E-state index contributed by atoms with van der Waals surface area (Å²) in [6.07, 6.45) is 1.67. The monoisotopic (exact) mass is 303 g/mol. The van der Waals surface area contributed by atoms with Crippen LogP contribution in [0.2, 0.25) is 0 Å². The minimum atomic E-state index is -0.461. The smallest absolute Gasteiger partial charge is 0.410 e. The van der Waals surface area contributed by atoms with E-state index in [0.29, 0.717) is 32.8 Å². The number of nitrogens with two attached hydrogens (primary N) is 1. The van der Waals surface area contributed by atoms with Gasteiger partial charge in [-0.15, -0.1) is 0 Å². The molecular formula is C15H33N3O3. The average molecular weight is 303 g/mol. The zero-order chi connectivity index (χ0) is 16.3. The van der Waals surface area contributed by atoms with Crippen molar-refractivity contribution < 1.29 is 14.3 Å². The van der Waals surface area contributed by atoms with Gasteiger partial charge in [-0.1, -0.05) is 0 Å². The SMILES string of the molecule is CCN(CCNC(CCCN)COC)C(=O)OC(C)(C)C. The van der Waals surface area contributed by atoms with Gasteiger partial charge in [-0.25, -0.2) is 4.79 Å². The fourth-order valence-corrected chi connectivity index (χ4v) is 1.92. The van der Waals surface area contributed by atoms with Gasteiger partial charge in [-0.3, -0.25) is 0 Å². The third-order valence-corrected chi connectivity index (χ3v) is 2.97. The molecule has 0 aliphatic carbocycles. The van der Waals surface area contributed by atoms with E-state index in [-0.39, 0.29) is 12.1 Å². The number of carbonyl (C=O) groups is 1. The number of amides is 1. The molecule has 3 N–H and O–H groups in total. The number of hydrogen-bond donors (Lipinski definition) is 2. The molecule has 0 aromatic carbocycles. The van der Waals surface area contributed by atoms with E-state index in [2.05, 4.69) is 5.32 Å². The van der Waals surface area contributed by atoms with E-state index in [1.807, 2.05) is 27.7 Å². The molecule has 0 saturated carbocycles. The highest BCUT2D eigenvalue weighted by atomic mass is 16.6. The number of nitrogens with one attached hydrogen (secondary N) is 1. The summed E-state index contributed by atoms with van der Waals surface area (Å²) < 4.78 is 10.6. The Morgan fingerprint density at radius 1 is 1.38 bits per heavy atom. The van der Waals surface area contributed by atoms with Crippen molar-refractivity contribution >= 4 is 6.09 Å². The second kappa shape index (κ2) is 10.8. The van der Waals surface area contributed by atoms with Gasteiger partial charge in [0.2, 0.25) is 0 Å². The number of likely N-dealkylation sites (N-methyl/N-ethyl adjacent to an activating group) is 1. The van der Waals surface area contributed by atoms with Gasteiger partial charge in [0.05, 0.1) is 6.61 Å². The second-order valence-electron chi connectivity index (χ2n) is 6.10. The zero-order valence-corrected chi connectivity index (χ0v) is 14.3. The van der Waals surface area contributed by atoms with Crippen LogP contribution in [0, 0.1) is 0 Å². The molecule has 6 heteroatoms. The first-order chi connectivity index (χ1) is 9.84. The third kappa shape index (κ3) is 10.5. The van der Waals surface area contributed by atoms with Crippen LogP contribution in [0.5, 0.6) is 0 Å². The van der Waals surface area contributed by atoms with Crippen molar-refractivity contribution in [3.63, 3.8) is 0 Å². The minimum Gasteiger partial charge on any atom is -0.444 e. The summed E-state index contributed by atoms with van der Waals surface area (Å²) in [4.78, 5) is 13.7. The molecule has 0 aromatic rings. The third-order valence-electron chi connectivity index (χ3n) is 2.97. The molecular weight excluding hydrogens is 270 g/mol. The second-order valence-corrected chi connectivity index (χ2v) is 6.10. The van der Waals surface area contributed by atoms with Crippen molar-refractivity contribution in [2.45, 2.75) is 52.2 Å². The summed E-state index contributed by atoms with van der Waals surface area (Å²) in [5.74, 6) is 0. The van der Waals surface area contributed by atoms with Crippen molar-refractivity contribution in [2.75, 3.05) is 39.9 Å².